The fourth-order valence-corrected chi connectivity index (χ4v) is 2.37. The lowest BCUT2D eigenvalue weighted by atomic mass is 10.1. The summed E-state index contributed by atoms with van der Waals surface area (Å²) >= 11 is 1.43. The van der Waals surface area contributed by atoms with Crippen molar-refractivity contribution in [3.8, 4) is 11.5 Å². The van der Waals surface area contributed by atoms with Gasteiger partial charge in [-0.15, -0.1) is 11.3 Å². The van der Waals surface area contributed by atoms with Crippen molar-refractivity contribution in [2.75, 3.05) is 13.7 Å². The van der Waals surface area contributed by atoms with Crippen molar-refractivity contribution in [1.29, 1.82) is 0 Å². The van der Waals surface area contributed by atoms with Crippen LogP contribution < -0.4 is 9.47 Å². The number of hydrogen-bond acceptors (Lipinski definition) is 4. The third-order valence-corrected chi connectivity index (χ3v) is 3.62. The van der Waals surface area contributed by atoms with E-state index in [1.807, 2.05) is 35.7 Å². The molecule has 0 spiro atoms. The highest BCUT2D eigenvalue weighted by molar-refractivity contribution is 7.12. The Morgan fingerprint density at radius 1 is 1.33 bits per heavy atom. The molecule has 21 heavy (non-hydrogen) atoms. The largest absolute Gasteiger partial charge is 0.493 e. The lowest BCUT2D eigenvalue weighted by Crippen LogP contribution is -1.96. The third-order valence-electron chi connectivity index (χ3n) is 2.74. The van der Waals surface area contributed by atoms with E-state index in [-0.39, 0.29) is 5.78 Å². The summed E-state index contributed by atoms with van der Waals surface area (Å²) in [5.74, 6) is 1.28. The van der Waals surface area contributed by atoms with Crippen LogP contribution in [0.5, 0.6) is 11.5 Å². The van der Waals surface area contributed by atoms with Gasteiger partial charge < -0.3 is 9.47 Å². The van der Waals surface area contributed by atoms with Gasteiger partial charge in [-0.25, -0.2) is 0 Å². The van der Waals surface area contributed by atoms with E-state index < -0.39 is 0 Å². The normalized spacial score (nSPS) is 10.5. The maximum absolute atomic E-state index is 11.9. The van der Waals surface area contributed by atoms with E-state index in [2.05, 4.69) is 6.58 Å². The van der Waals surface area contributed by atoms with E-state index in [4.69, 9.17) is 9.47 Å². The van der Waals surface area contributed by atoms with Crippen molar-refractivity contribution in [2.24, 2.45) is 0 Å². The Morgan fingerprint density at radius 3 is 2.86 bits per heavy atom. The molecular formula is C17H16O3S. The number of benzene rings is 1. The van der Waals surface area contributed by atoms with Crippen LogP contribution in [-0.2, 0) is 0 Å². The predicted octanol–water partition coefficient (Wildman–Crippen LogP) is 4.22. The summed E-state index contributed by atoms with van der Waals surface area (Å²) in [7, 11) is 1.58. The van der Waals surface area contributed by atoms with E-state index >= 15 is 0 Å². The van der Waals surface area contributed by atoms with Gasteiger partial charge in [-0.1, -0.05) is 30.9 Å². The van der Waals surface area contributed by atoms with Crippen LogP contribution in [0.15, 0.2) is 54.4 Å². The van der Waals surface area contributed by atoms with Gasteiger partial charge in [-0.3, -0.25) is 4.79 Å². The molecule has 0 atom stereocenters. The highest BCUT2D eigenvalue weighted by atomic mass is 32.1. The van der Waals surface area contributed by atoms with Gasteiger partial charge in [0.2, 0.25) is 0 Å². The second kappa shape index (κ2) is 7.45. The van der Waals surface area contributed by atoms with Crippen LogP contribution in [0.2, 0.25) is 0 Å². The van der Waals surface area contributed by atoms with Crippen LogP contribution in [0.25, 0.3) is 6.08 Å². The molecule has 3 nitrogen and oxygen atoms in total. The van der Waals surface area contributed by atoms with Crippen LogP contribution in [0.4, 0.5) is 0 Å². The van der Waals surface area contributed by atoms with Gasteiger partial charge in [0.1, 0.15) is 6.61 Å². The fraction of sp³-hybridized carbons (Fsp3) is 0.118. The molecule has 108 valence electrons. The number of methoxy groups -OCH3 is 1. The number of rotatable bonds is 7. The van der Waals surface area contributed by atoms with Crippen molar-refractivity contribution in [3.63, 3.8) is 0 Å². The molecule has 0 saturated heterocycles. The molecule has 1 heterocycles. The lowest BCUT2D eigenvalue weighted by molar-refractivity contribution is 0.105. The van der Waals surface area contributed by atoms with Gasteiger partial charge in [0.25, 0.3) is 0 Å². The minimum Gasteiger partial charge on any atom is -0.493 e. The Labute approximate surface area is 128 Å². The molecule has 0 fully saturated rings. The molecular weight excluding hydrogens is 284 g/mol. The Kier molecular flexibility index (Phi) is 5.35. The monoisotopic (exact) mass is 300 g/mol. The number of ether oxygens (including phenoxy) is 2. The Balaban J connectivity index is 2.13. The number of carbonyl (C=O) groups is 1. The zero-order chi connectivity index (χ0) is 15.1. The van der Waals surface area contributed by atoms with Crippen LogP contribution >= 0.6 is 11.3 Å². The van der Waals surface area contributed by atoms with E-state index in [1.165, 1.54) is 11.3 Å². The molecule has 1 aromatic heterocycles. The number of ketones is 1. The first-order valence-corrected chi connectivity index (χ1v) is 7.30. The van der Waals surface area contributed by atoms with Crippen molar-refractivity contribution in [3.05, 3.63) is 64.9 Å². The van der Waals surface area contributed by atoms with Crippen LogP contribution in [0.1, 0.15) is 15.2 Å². The number of carbonyl (C=O) groups excluding carboxylic acids is 1. The Hall–Kier alpha value is -2.33. The molecule has 2 aromatic rings. The zero-order valence-electron chi connectivity index (χ0n) is 11.7. The molecule has 0 amide bonds. The molecule has 0 N–H and O–H groups in total. The van der Waals surface area contributed by atoms with Crippen LogP contribution in [-0.4, -0.2) is 19.5 Å². The van der Waals surface area contributed by atoms with Gasteiger partial charge in [0.15, 0.2) is 17.3 Å². The van der Waals surface area contributed by atoms with E-state index in [1.54, 1.807) is 25.3 Å². The zero-order valence-corrected chi connectivity index (χ0v) is 12.6. The van der Waals surface area contributed by atoms with Gasteiger partial charge in [0, 0.05) is 0 Å². The first kappa shape index (κ1) is 15.1. The molecule has 1 aromatic carbocycles. The van der Waals surface area contributed by atoms with E-state index in [0.29, 0.717) is 18.1 Å². The number of hydrogen-bond donors (Lipinski definition) is 0. The third kappa shape index (κ3) is 4.07. The van der Waals surface area contributed by atoms with Crippen LogP contribution in [0.3, 0.4) is 0 Å². The summed E-state index contributed by atoms with van der Waals surface area (Å²) in [6.45, 7) is 4.03. The number of allylic oxidation sites excluding steroid dienone is 1. The van der Waals surface area contributed by atoms with Gasteiger partial charge in [-0.05, 0) is 35.2 Å². The molecule has 0 aliphatic heterocycles. The van der Waals surface area contributed by atoms with Gasteiger partial charge in [-0.2, -0.15) is 0 Å². The van der Waals surface area contributed by atoms with Gasteiger partial charge in [0.05, 0.1) is 12.0 Å². The second-order valence-corrected chi connectivity index (χ2v) is 5.13. The molecule has 4 heteroatoms. The predicted molar refractivity (Wildman–Crippen MR) is 86.4 cm³/mol. The standard InChI is InChI=1S/C17H16O3S/c1-3-10-20-15-9-7-13(12-16(15)19-2)6-8-14(18)17-5-4-11-21-17/h3-9,11-12H,1,10H2,2H3. The number of thiophene rings is 1. The summed E-state index contributed by atoms with van der Waals surface area (Å²) in [4.78, 5) is 12.6. The van der Waals surface area contributed by atoms with Gasteiger partial charge >= 0.3 is 0 Å². The minimum absolute atomic E-state index is 0.00375. The first-order valence-electron chi connectivity index (χ1n) is 6.42. The van der Waals surface area contributed by atoms with Crippen molar-refractivity contribution < 1.29 is 14.3 Å². The summed E-state index contributed by atoms with van der Waals surface area (Å²) < 4.78 is 10.8. The fourth-order valence-electron chi connectivity index (χ4n) is 1.73. The summed E-state index contributed by atoms with van der Waals surface area (Å²) in [5.41, 5.74) is 0.878. The van der Waals surface area contributed by atoms with E-state index in [0.717, 1.165) is 10.4 Å². The maximum atomic E-state index is 11.9. The smallest absolute Gasteiger partial charge is 0.195 e. The molecule has 0 aliphatic rings. The summed E-state index contributed by atoms with van der Waals surface area (Å²) in [5, 5.41) is 1.88. The molecule has 0 aliphatic carbocycles. The summed E-state index contributed by atoms with van der Waals surface area (Å²) in [6.07, 6.45) is 5.00. The summed E-state index contributed by atoms with van der Waals surface area (Å²) in [6, 6.07) is 9.19. The molecule has 0 saturated carbocycles. The Morgan fingerprint density at radius 2 is 2.19 bits per heavy atom. The topological polar surface area (TPSA) is 35.5 Å². The quantitative estimate of drug-likeness (QED) is 0.436. The highest BCUT2D eigenvalue weighted by Gasteiger charge is 2.05. The maximum Gasteiger partial charge on any atom is 0.195 e. The molecule has 0 bridgehead atoms. The van der Waals surface area contributed by atoms with Crippen molar-refractivity contribution in [2.45, 2.75) is 0 Å². The average Bonchev–Trinajstić information content (AvgIpc) is 3.05. The second-order valence-electron chi connectivity index (χ2n) is 4.18. The van der Waals surface area contributed by atoms with Crippen LogP contribution in [0, 0.1) is 0 Å². The lowest BCUT2D eigenvalue weighted by Gasteiger charge is -2.09. The minimum atomic E-state index is -0.00375. The average molecular weight is 300 g/mol. The Bertz CT molecular complexity index is 642. The van der Waals surface area contributed by atoms with E-state index in [9.17, 15) is 4.79 Å². The van der Waals surface area contributed by atoms with Crippen molar-refractivity contribution >= 4 is 23.2 Å². The van der Waals surface area contributed by atoms with Crippen molar-refractivity contribution in [1.82, 2.24) is 0 Å². The molecule has 0 radical (unpaired) electrons. The highest BCUT2D eigenvalue weighted by Crippen LogP contribution is 2.28. The first-order chi connectivity index (χ1) is 10.2. The molecule has 2 rings (SSSR count). The SMILES string of the molecule is C=CCOc1ccc(C=CC(=O)c2cccs2)cc1OC. The molecule has 0 unspecified atom stereocenters.